The van der Waals surface area contributed by atoms with Crippen LogP contribution in [0, 0.1) is 6.92 Å². The summed E-state index contributed by atoms with van der Waals surface area (Å²) in [5.74, 6) is 0.906. The molecule has 0 atom stereocenters. The van der Waals surface area contributed by atoms with Crippen molar-refractivity contribution in [3.8, 4) is 0 Å². The first-order chi connectivity index (χ1) is 9.47. The molecule has 1 aromatic heterocycles. The molecule has 6 heteroatoms. The van der Waals surface area contributed by atoms with Crippen molar-refractivity contribution in [1.82, 2.24) is 20.1 Å². The van der Waals surface area contributed by atoms with Crippen molar-refractivity contribution in [2.45, 2.75) is 43.4 Å². The van der Waals surface area contributed by atoms with E-state index in [4.69, 9.17) is 11.6 Å². The molecule has 1 heterocycles. The molecule has 0 spiro atoms. The maximum Gasteiger partial charge on any atom is 0.195 e. The summed E-state index contributed by atoms with van der Waals surface area (Å²) in [5, 5.41) is 13.3. The van der Waals surface area contributed by atoms with E-state index in [1.807, 2.05) is 36.7 Å². The van der Waals surface area contributed by atoms with E-state index in [-0.39, 0.29) is 0 Å². The molecule has 0 radical (unpaired) electrons. The fourth-order valence-corrected chi connectivity index (χ4v) is 2.82. The van der Waals surface area contributed by atoms with Gasteiger partial charge in [0.25, 0.3) is 0 Å². The molecule has 0 unspecified atom stereocenters. The van der Waals surface area contributed by atoms with Crippen LogP contribution in [-0.4, -0.2) is 20.8 Å². The van der Waals surface area contributed by atoms with Gasteiger partial charge >= 0.3 is 0 Å². The molecule has 2 aromatic rings. The second-order valence-corrected chi connectivity index (χ2v) is 6.42. The van der Waals surface area contributed by atoms with Crippen LogP contribution < -0.4 is 5.32 Å². The molecule has 1 N–H and O–H groups in total. The summed E-state index contributed by atoms with van der Waals surface area (Å²) >= 11 is 7.71. The predicted molar refractivity (Wildman–Crippen MR) is 83.3 cm³/mol. The monoisotopic (exact) mass is 310 g/mol. The lowest BCUT2D eigenvalue weighted by Gasteiger charge is -2.12. The summed E-state index contributed by atoms with van der Waals surface area (Å²) in [6.07, 6.45) is 0. The summed E-state index contributed by atoms with van der Waals surface area (Å²) in [5.41, 5.74) is 1.18. The van der Waals surface area contributed by atoms with Gasteiger partial charge < -0.3 is 9.88 Å². The number of aryl methyl sites for hydroxylation is 1. The summed E-state index contributed by atoms with van der Waals surface area (Å²) in [7, 11) is 1.97. The van der Waals surface area contributed by atoms with Crippen LogP contribution in [0.25, 0.3) is 0 Å². The summed E-state index contributed by atoms with van der Waals surface area (Å²) in [4.78, 5) is 1.15. The van der Waals surface area contributed by atoms with Crippen LogP contribution in [0.1, 0.15) is 25.2 Å². The highest BCUT2D eigenvalue weighted by molar-refractivity contribution is 7.99. The number of nitrogens with zero attached hydrogens (tertiary/aromatic N) is 3. The standard InChI is InChI=1S/C14H19ClN4S/c1-9(2)16-8-11-7-12(15)5-6-13(11)20-14-18-17-10(3)19(14)4/h5-7,9,16H,8H2,1-4H3. The number of aromatic nitrogens is 3. The zero-order valence-electron chi connectivity index (χ0n) is 12.1. The van der Waals surface area contributed by atoms with Crippen LogP contribution in [0.4, 0.5) is 0 Å². The summed E-state index contributed by atoms with van der Waals surface area (Å²) in [6, 6.07) is 6.38. The fraction of sp³-hybridized carbons (Fsp3) is 0.429. The van der Waals surface area contributed by atoms with Crippen LogP contribution in [-0.2, 0) is 13.6 Å². The Morgan fingerprint density at radius 3 is 2.70 bits per heavy atom. The zero-order chi connectivity index (χ0) is 14.7. The van der Waals surface area contributed by atoms with Gasteiger partial charge in [0.2, 0.25) is 0 Å². The van der Waals surface area contributed by atoms with Gasteiger partial charge in [0, 0.05) is 29.6 Å². The molecule has 0 aliphatic carbocycles. The Morgan fingerprint density at radius 1 is 1.35 bits per heavy atom. The Hall–Kier alpha value is -1.04. The predicted octanol–water partition coefficient (Wildman–Crippen LogP) is 3.43. The van der Waals surface area contributed by atoms with Gasteiger partial charge in [-0.15, -0.1) is 10.2 Å². The highest BCUT2D eigenvalue weighted by Gasteiger charge is 2.11. The van der Waals surface area contributed by atoms with E-state index >= 15 is 0 Å². The van der Waals surface area contributed by atoms with Gasteiger partial charge in [-0.1, -0.05) is 25.4 Å². The topological polar surface area (TPSA) is 42.7 Å². The SMILES string of the molecule is Cc1nnc(Sc2ccc(Cl)cc2CNC(C)C)n1C. The van der Waals surface area contributed by atoms with Crippen molar-refractivity contribution in [2.75, 3.05) is 0 Å². The van der Waals surface area contributed by atoms with E-state index in [0.29, 0.717) is 6.04 Å². The van der Waals surface area contributed by atoms with Crippen molar-refractivity contribution >= 4 is 23.4 Å². The van der Waals surface area contributed by atoms with Gasteiger partial charge in [0.1, 0.15) is 5.82 Å². The second-order valence-electron chi connectivity index (χ2n) is 4.98. The van der Waals surface area contributed by atoms with E-state index in [1.165, 1.54) is 5.56 Å². The Morgan fingerprint density at radius 2 is 2.10 bits per heavy atom. The number of rotatable bonds is 5. The molecule has 20 heavy (non-hydrogen) atoms. The molecule has 0 aliphatic heterocycles. The second kappa shape index (κ2) is 6.61. The molecule has 0 amide bonds. The molecule has 0 saturated heterocycles. The van der Waals surface area contributed by atoms with Crippen LogP contribution in [0.3, 0.4) is 0 Å². The Bertz CT molecular complexity index is 595. The normalized spacial score (nSPS) is 11.3. The van der Waals surface area contributed by atoms with Crippen molar-refractivity contribution < 1.29 is 0 Å². The van der Waals surface area contributed by atoms with E-state index < -0.39 is 0 Å². The molecule has 0 bridgehead atoms. The molecule has 0 fully saturated rings. The largest absolute Gasteiger partial charge is 0.310 e. The lowest BCUT2D eigenvalue weighted by Crippen LogP contribution is -2.22. The molecule has 108 valence electrons. The first-order valence-corrected chi connectivity index (χ1v) is 7.72. The maximum atomic E-state index is 6.10. The molecular formula is C14H19ClN4S. The van der Waals surface area contributed by atoms with Gasteiger partial charge in [-0.2, -0.15) is 0 Å². The highest BCUT2D eigenvalue weighted by Crippen LogP contribution is 2.31. The number of halogens is 1. The van der Waals surface area contributed by atoms with E-state index in [0.717, 1.165) is 27.4 Å². The molecule has 2 rings (SSSR count). The Labute approximate surface area is 128 Å². The number of nitrogens with one attached hydrogen (secondary N) is 1. The maximum absolute atomic E-state index is 6.10. The average molecular weight is 311 g/mol. The van der Waals surface area contributed by atoms with E-state index in [9.17, 15) is 0 Å². The van der Waals surface area contributed by atoms with Crippen molar-refractivity contribution in [3.05, 3.63) is 34.6 Å². The first kappa shape index (κ1) is 15.4. The minimum atomic E-state index is 0.434. The van der Waals surface area contributed by atoms with Crippen LogP contribution in [0.15, 0.2) is 28.3 Å². The van der Waals surface area contributed by atoms with Crippen LogP contribution in [0.2, 0.25) is 5.02 Å². The highest BCUT2D eigenvalue weighted by atomic mass is 35.5. The van der Waals surface area contributed by atoms with Crippen molar-refractivity contribution in [3.63, 3.8) is 0 Å². The molecule has 0 aliphatic rings. The average Bonchev–Trinajstić information content (AvgIpc) is 2.71. The molecule has 4 nitrogen and oxygen atoms in total. The quantitative estimate of drug-likeness (QED) is 0.919. The van der Waals surface area contributed by atoms with Crippen molar-refractivity contribution in [2.24, 2.45) is 7.05 Å². The Kier molecular flexibility index (Phi) is 5.07. The molecular weight excluding hydrogens is 292 g/mol. The third-order valence-corrected chi connectivity index (χ3v) is 4.37. The molecule has 1 aromatic carbocycles. The third-order valence-electron chi connectivity index (χ3n) is 2.98. The zero-order valence-corrected chi connectivity index (χ0v) is 13.7. The van der Waals surface area contributed by atoms with Crippen LogP contribution >= 0.6 is 23.4 Å². The molecule has 0 saturated carbocycles. The fourth-order valence-electron chi connectivity index (χ4n) is 1.67. The smallest absolute Gasteiger partial charge is 0.195 e. The van der Waals surface area contributed by atoms with Crippen LogP contribution in [0.5, 0.6) is 0 Å². The van der Waals surface area contributed by atoms with Gasteiger partial charge in [-0.05, 0) is 42.4 Å². The number of hydrogen-bond acceptors (Lipinski definition) is 4. The Balaban J connectivity index is 2.24. The van der Waals surface area contributed by atoms with Crippen molar-refractivity contribution in [1.29, 1.82) is 0 Å². The van der Waals surface area contributed by atoms with Gasteiger partial charge in [-0.3, -0.25) is 0 Å². The minimum absolute atomic E-state index is 0.434. The first-order valence-electron chi connectivity index (χ1n) is 6.53. The van der Waals surface area contributed by atoms with Gasteiger partial charge in [0.15, 0.2) is 5.16 Å². The summed E-state index contributed by atoms with van der Waals surface area (Å²) in [6.45, 7) is 6.99. The lowest BCUT2D eigenvalue weighted by atomic mass is 10.2. The van der Waals surface area contributed by atoms with E-state index in [1.54, 1.807) is 11.8 Å². The lowest BCUT2D eigenvalue weighted by molar-refractivity contribution is 0.584. The third kappa shape index (κ3) is 3.75. The number of benzene rings is 1. The minimum Gasteiger partial charge on any atom is -0.310 e. The van der Waals surface area contributed by atoms with E-state index in [2.05, 4.69) is 29.4 Å². The van der Waals surface area contributed by atoms with Gasteiger partial charge in [0.05, 0.1) is 0 Å². The van der Waals surface area contributed by atoms with Gasteiger partial charge in [-0.25, -0.2) is 0 Å². The number of hydrogen-bond donors (Lipinski definition) is 1. The summed E-state index contributed by atoms with van der Waals surface area (Å²) < 4.78 is 1.99.